The third-order valence-corrected chi connectivity index (χ3v) is 4.67. The molecule has 3 nitrogen and oxygen atoms in total. The molecule has 0 atom stereocenters. The van der Waals surface area contributed by atoms with Crippen molar-refractivity contribution in [3.63, 3.8) is 0 Å². The van der Waals surface area contributed by atoms with Gasteiger partial charge >= 0.3 is 0 Å². The second-order valence-electron chi connectivity index (χ2n) is 6.32. The summed E-state index contributed by atoms with van der Waals surface area (Å²) in [7, 11) is 0. The van der Waals surface area contributed by atoms with Crippen LogP contribution in [-0.2, 0) is 11.3 Å². The minimum Gasteiger partial charge on any atom is -0.508 e. The number of nitrogens with zero attached hydrogens (tertiary/aromatic N) is 1. The van der Waals surface area contributed by atoms with Crippen molar-refractivity contribution in [2.45, 2.75) is 26.3 Å². The number of hydrogen-bond acceptors (Lipinski definition) is 3. The molecule has 2 aromatic rings. The summed E-state index contributed by atoms with van der Waals surface area (Å²) in [4.78, 5) is 2.50. The number of phenols is 1. The third-order valence-electron chi connectivity index (χ3n) is 4.67. The smallest absolute Gasteiger partial charge is 0.116 e. The first kappa shape index (κ1) is 15.9. The predicted octanol–water partition coefficient (Wildman–Crippen LogP) is 4.31. The summed E-state index contributed by atoms with van der Waals surface area (Å²) in [5.41, 5.74) is 1.32. The monoisotopic (exact) mass is 311 g/mol. The van der Waals surface area contributed by atoms with Gasteiger partial charge in [0.15, 0.2) is 0 Å². The van der Waals surface area contributed by atoms with Crippen LogP contribution in [0.1, 0.15) is 25.3 Å². The van der Waals surface area contributed by atoms with Gasteiger partial charge in [0, 0.05) is 12.5 Å². The van der Waals surface area contributed by atoms with Crippen molar-refractivity contribution < 1.29 is 9.84 Å². The number of rotatable bonds is 5. The molecule has 122 valence electrons. The van der Waals surface area contributed by atoms with Gasteiger partial charge in [0.05, 0.1) is 12.4 Å². The van der Waals surface area contributed by atoms with Gasteiger partial charge in [-0.05, 0) is 67.4 Å². The fourth-order valence-electron chi connectivity index (χ4n) is 3.36. The zero-order chi connectivity index (χ0) is 16.2. The molecule has 2 aromatic carbocycles. The molecular formula is C20H25NO2. The number of hydrogen-bond donors (Lipinski definition) is 1. The van der Waals surface area contributed by atoms with Crippen molar-refractivity contribution in [3.05, 3.63) is 54.3 Å². The second kappa shape index (κ2) is 7.05. The van der Waals surface area contributed by atoms with Crippen LogP contribution in [0.4, 0.5) is 0 Å². The number of likely N-dealkylation sites (tertiary alicyclic amines) is 1. The van der Waals surface area contributed by atoms with Gasteiger partial charge < -0.3 is 9.84 Å². The molecule has 1 fully saturated rings. The molecule has 0 aliphatic carbocycles. The quantitative estimate of drug-likeness (QED) is 0.835. The summed E-state index contributed by atoms with van der Waals surface area (Å²) < 4.78 is 5.56. The van der Waals surface area contributed by atoms with Gasteiger partial charge in [-0.1, -0.05) is 24.8 Å². The van der Waals surface area contributed by atoms with Crippen molar-refractivity contribution >= 4 is 10.8 Å². The van der Waals surface area contributed by atoms with E-state index in [1.807, 2.05) is 19.1 Å². The maximum atomic E-state index is 9.54. The largest absolute Gasteiger partial charge is 0.508 e. The highest BCUT2D eigenvalue weighted by atomic mass is 16.5. The molecule has 1 aliphatic heterocycles. The molecule has 1 aliphatic rings. The highest BCUT2D eigenvalue weighted by Gasteiger charge is 2.22. The number of fused-ring (bicyclic) bond motifs is 1. The Morgan fingerprint density at radius 1 is 1.17 bits per heavy atom. The van der Waals surface area contributed by atoms with Gasteiger partial charge in [0.25, 0.3) is 0 Å². The predicted molar refractivity (Wildman–Crippen MR) is 94.4 cm³/mol. The average Bonchev–Trinajstić information content (AvgIpc) is 2.56. The Morgan fingerprint density at radius 3 is 2.61 bits per heavy atom. The molecule has 3 heteroatoms. The van der Waals surface area contributed by atoms with Crippen LogP contribution in [0.15, 0.2) is 48.7 Å². The Morgan fingerprint density at radius 2 is 1.87 bits per heavy atom. The first-order valence-electron chi connectivity index (χ1n) is 8.41. The van der Waals surface area contributed by atoms with E-state index in [0.29, 0.717) is 18.3 Å². The summed E-state index contributed by atoms with van der Waals surface area (Å²) in [6.45, 7) is 9.94. The topological polar surface area (TPSA) is 32.7 Å². The van der Waals surface area contributed by atoms with E-state index in [9.17, 15) is 5.11 Å². The van der Waals surface area contributed by atoms with Crippen molar-refractivity contribution in [1.29, 1.82) is 0 Å². The number of phenolic OH excluding ortho intramolecular Hbond substituents is 1. The molecule has 0 unspecified atom stereocenters. The zero-order valence-electron chi connectivity index (χ0n) is 13.8. The van der Waals surface area contributed by atoms with Crippen LogP contribution in [0.25, 0.3) is 10.8 Å². The molecule has 1 N–H and O–H groups in total. The van der Waals surface area contributed by atoms with Crippen LogP contribution in [0.3, 0.4) is 0 Å². The third kappa shape index (κ3) is 3.85. The van der Waals surface area contributed by atoms with Crippen LogP contribution in [0.5, 0.6) is 5.75 Å². The van der Waals surface area contributed by atoms with E-state index in [1.54, 1.807) is 6.07 Å². The molecule has 3 rings (SSSR count). The Balaban J connectivity index is 1.60. The molecule has 0 saturated carbocycles. The molecule has 1 saturated heterocycles. The normalized spacial score (nSPS) is 16.6. The van der Waals surface area contributed by atoms with E-state index in [4.69, 9.17) is 4.74 Å². The lowest BCUT2D eigenvalue weighted by molar-refractivity contribution is 0.132. The Labute approximate surface area is 138 Å². The molecule has 1 heterocycles. The average molecular weight is 311 g/mol. The zero-order valence-corrected chi connectivity index (χ0v) is 13.8. The number of allylic oxidation sites excluding steroid dienone is 1. The maximum absolute atomic E-state index is 9.54. The van der Waals surface area contributed by atoms with E-state index in [0.717, 1.165) is 43.6 Å². The standard InChI is InChI=1S/C20H25NO2/c1-3-23-15(2)17-8-10-21(11-9-17)14-16-4-5-19-13-20(22)7-6-18(19)12-16/h4-7,12-13,17,22H,2-3,8-11,14H2,1H3. The summed E-state index contributed by atoms with van der Waals surface area (Å²) in [5, 5.41) is 11.8. The van der Waals surface area contributed by atoms with Gasteiger partial charge in [0.2, 0.25) is 0 Å². The van der Waals surface area contributed by atoms with E-state index < -0.39 is 0 Å². The number of piperidine rings is 1. The minimum absolute atomic E-state index is 0.321. The molecule has 0 amide bonds. The van der Waals surface area contributed by atoms with Gasteiger partial charge in [-0.2, -0.15) is 0 Å². The highest BCUT2D eigenvalue weighted by molar-refractivity contribution is 5.84. The van der Waals surface area contributed by atoms with Crippen LogP contribution >= 0.6 is 0 Å². The molecular weight excluding hydrogens is 286 g/mol. The van der Waals surface area contributed by atoms with E-state index >= 15 is 0 Å². The summed E-state index contributed by atoms with van der Waals surface area (Å²) in [6, 6.07) is 12.0. The van der Waals surface area contributed by atoms with Crippen molar-refractivity contribution in [3.8, 4) is 5.75 Å². The molecule has 0 aromatic heterocycles. The fraction of sp³-hybridized carbons (Fsp3) is 0.400. The van der Waals surface area contributed by atoms with Crippen molar-refractivity contribution in [2.75, 3.05) is 19.7 Å². The lowest BCUT2D eigenvalue weighted by atomic mass is 9.95. The Bertz CT molecular complexity index is 687. The first-order chi connectivity index (χ1) is 11.2. The lowest BCUT2D eigenvalue weighted by Gasteiger charge is -2.32. The summed E-state index contributed by atoms with van der Waals surface area (Å²) in [6.07, 6.45) is 2.25. The fourth-order valence-corrected chi connectivity index (χ4v) is 3.36. The molecule has 23 heavy (non-hydrogen) atoms. The molecule has 0 bridgehead atoms. The van der Waals surface area contributed by atoms with Crippen molar-refractivity contribution in [1.82, 2.24) is 4.90 Å². The maximum Gasteiger partial charge on any atom is 0.116 e. The van der Waals surface area contributed by atoms with Crippen LogP contribution in [0.2, 0.25) is 0 Å². The van der Waals surface area contributed by atoms with Crippen LogP contribution in [-0.4, -0.2) is 29.7 Å². The number of ether oxygens (including phenoxy) is 1. The lowest BCUT2D eigenvalue weighted by Crippen LogP contribution is -2.34. The van der Waals surface area contributed by atoms with Crippen LogP contribution < -0.4 is 0 Å². The Kier molecular flexibility index (Phi) is 4.87. The van der Waals surface area contributed by atoms with Gasteiger partial charge in [-0.25, -0.2) is 0 Å². The van der Waals surface area contributed by atoms with Gasteiger partial charge in [-0.3, -0.25) is 4.90 Å². The molecule has 0 radical (unpaired) electrons. The number of aromatic hydroxyl groups is 1. The van der Waals surface area contributed by atoms with Gasteiger partial charge in [-0.15, -0.1) is 0 Å². The summed E-state index contributed by atoms with van der Waals surface area (Å²) >= 11 is 0. The summed E-state index contributed by atoms with van der Waals surface area (Å²) in [5.74, 6) is 1.78. The second-order valence-corrected chi connectivity index (χ2v) is 6.32. The Hall–Kier alpha value is -2.00. The van der Waals surface area contributed by atoms with Gasteiger partial charge in [0.1, 0.15) is 5.75 Å². The van der Waals surface area contributed by atoms with Crippen molar-refractivity contribution in [2.24, 2.45) is 5.92 Å². The minimum atomic E-state index is 0.321. The molecule has 0 spiro atoms. The van der Waals surface area contributed by atoms with Crippen LogP contribution in [0, 0.1) is 5.92 Å². The first-order valence-corrected chi connectivity index (χ1v) is 8.41. The number of benzene rings is 2. The van der Waals surface area contributed by atoms with E-state index in [2.05, 4.69) is 29.7 Å². The highest BCUT2D eigenvalue weighted by Crippen LogP contribution is 2.26. The SMILES string of the molecule is C=C(OCC)C1CCN(Cc2ccc3cc(O)ccc3c2)CC1. The van der Waals surface area contributed by atoms with E-state index in [1.165, 1.54) is 10.9 Å². The van der Waals surface area contributed by atoms with E-state index in [-0.39, 0.29) is 0 Å².